The van der Waals surface area contributed by atoms with Gasteiger partial charge in [0, 0.05) is 12.4 Å². The van der Waals surface area contributed by atoms with Crippen molar-refractivity contribution in [3.05, 3.63) is 24.4 Å². The summed E-state index contributed by atoms with van der Waals surface area (Å²) in [4.78, 5) is 11.9. The average Bonchev–Trinajstić information content (AvgIpc) is 2.67. The molecular formula is C7H7N5O. The first-order chi connectivity index (χ1) is 6.40. The van der Waals surface area contributed by atoms with E-state index in [1.807, 2.05) is 0 Å². The van der Waals surface area contributed by atoms with E-state index in [4.69, 9.17) is 10.3 Å². The molecule has 0 saturated heterocycles. The molecule has 2 rings (SSSR count). The number of nitrogens with zero attached hydrogens (tertiary/aromatic N) is 4. The van der Waals surface area contributed by atoms with Gasteiger partial charge in [0.15, 0.2) is 0 Å². The normalized spacial score (nSPS) is 10.2. The van der Waals surface area contributed by atoms with E-state index in [1.165, 1.54) is 0 Å². The van der Waals surface area contributed by atoms with Crippen LogP contribution in [0.1, 0.15) is 5.89 Å². The van der Waals surface area contributed by atoms with Crippen molar-refractivity contribution in [3.63, 3.8) is 0 Å². The van der Waals surface area contributed by atoms with Crippen molar-refractivity contribution in [2.24, 2.45) is 5.73 Å². The van der Waals surface area contributed by atoms with E-state index in [0.717, 1.165) is 0 Å². The van der Waals surface area contributed by atoms with E-state index in [2.05, 4.69) is 20.1 Å². The lowest BCUT2D eigenvalue weighted by Gasteiger charge is -1.87. The highest BCUT2D eigenvalue weighted by molar-refractivity contribution is 5.40. The Morgan fingerprint density at radius 1 is 1.23 bits per heavy atom. The smallest absolute Gasteiger partial charge is 0.240 e. The molecule has 0 fully saturated rings. The van der Waals surface area contributed by atoms with Gasteiger partial charge in [-0.2, -0.15) is 4.98 Å². The largest absolute Gasteiger partial charge is 0.337 e. The fourth-order valence-corrected chi connectivity index (χ4v) is 0.843. The number of rotatable bonds is 2. The van der Waals surface area contributed by atoms with Gasteiger partial charge in [0.2, 0.25) is 17.5 Å². The lowest BCUT2D eigenvalue weighted by Crippen LogP contribution is -1.96. The quantitative estimate of drug-likeness (QED) is 0.693. The molecule has 0 aromatic carbocycles. The Morgan fingerprint density at radius 3 is 2.62 bits per heavy atom. The second-order valence-electron chi connectivity index (χ2n) is 2.29. The summed E-state index contributed by atoms with van der Waals surface area (Å²) in [5.74, 6) is 1.18. The highest BCUT2D eigenvalue weighted by Crippen LogP contribution is 2.07. The molecule has 66 valence electrons. The molecule has 0 unspecified atom stereocenters. The van der Waals surface area contributed by atoms with Crippen LogP contribution >= 0.6 is 0 Å². The summed E-state index contributed by atoms with van der Waals surface area (Å²) < 4.78 is 4.80. The maximum atomic E-state index is 5.30. The maximum Gasteiger partial charge on any atom is 0.240 e. The molecule has 6 nitrogen and oxygen atoms in total. The summed E-state index contributed by atoms with van der Waals surface area (Å²) in [6.07, 6.45) is 3.22. The third-order valence-electron chi connectivity index (χ3n) is 1.41. The fraction of sp³-hybridized carbons (Fsp3) is 0.143. The van der Waals surface area contributed by atoms with Crippen LogP contribution in [0, 0.1) is 0 Å². The Balaban J connectivity index is 2.36. The summed E-state index contributed by atoms with van der Waals surface area (Å²) >= 11 is 0. The van der Waals surface area contributed by atoms with Gasteiger partial charge in [0.05, 0.1) is 6.54 Å². The molecule has 2 aromatic rings. The molecule has 6 heteroatoms. The third kappa shape index (κ3) is 1.52. The molecular weight excluding hydrogens is 170 g/mol. The van der Waals surface area contributed by atoms with Gasteiger partial charge < -0.3 is 10.3 Å². The van der Waals surface area contributed by atoms with Gasteiger partial charge in [0.1, 0.15) is 0 Å². The topological polar surface area (TPSA) is 90.7 Å². The van der Waals surface area contributed by atoms with Crippen LogP contribution in [0.4, 0.5) is 0 Å². The highest BCUT2D eigenvalue weighted by Gasteiger charge is 2.08. The van der Waals surface area contributed by atoms with Crippen LogP contribution in [0.25, 0.3) is 11.6 Å². The highest BCUT2D eigenvalue weighted by atomic mass is 16.5. The van der Waals surface area contributed by atoms with Crippen molar-refractivity contribution in [1.82, 2.24) is 20.1 Å². The van der Waals surface area contributed by atoms with Gasteiger partial charge in [0.25, 0.3) is 0 Å². The van der Waals surface area contributed by atoms with Gasteiger partial charge in [-0.15, -0.1) is 0 Å². The van der Waals surface area contributed by atoms with Crippen LogP contribution in [0.15, 0.2) is 23.0 Å². The minimum Gasteiger partial charge on any atom is -0.337 e. The van der Waals surface area contributed by atoms with Crippen molar-refractivity contribution < 1.29 is 4.52 Å². The second-order valence-corrected chi connectivity index (χ2v) is 2.29. The van der Waals surface area contributed by atoms with Crippen molar-refractivity contribution in [3.8, 4) is 11.6 Å². The maximum absolute atomic E-state index is 5.30. The monoisotopic (exact) mass is 177 g/mol. The molecule has 0 atom stereocenters. The zero-order chi connectivity index (χ0) is 9.10. The first-order valence-electron chi connectivity index (χ1n) is 3.70. The molecule has 0 bridgehead atoms. The van der Waals surface area contributed by atoms with Gasteiger partial charge >= 0.3 is 0 Å². The molecule has 0 aliphatic heterocycles. The molecule has 2 N–H and O–H groups in total. The first kappa shape index (κ1) is 7.81. The zero-order valence-electron chi connectivity index (χ0n) is 6.71. The van der Waals surface area contributed by atoms with Crippen LogP contribution in [0.2, 0.25) is 0 Å². The summed E-state index contributed by atoms with van der Waals surface area (Å²) in [5.41, 5.74) is 5.30. The van der Waals surface area contributed by atoms with Crippen molar-refractivity contribution >= 4 is 0 Å². The lowest BCUT2D eigenvalue weighted by atomic mass is 10.5. The van der Waals surface area contributed by atoms with Crippen molar-refractivity contribution in [2.75, 3.05) is 0 Å². The predicted molar refractivity (Wildman–Crippen MR) is 43.2 cm³/mol. The Labute approximate surface area is 73.8 Å². The summed E-state index contributed by atoms with van der Waals surface area (Å²) in [5, 5.41) is 3.67. The van der Waals surface area contributed by atoms with E-state index >= 15 is 0 Å². The number of hydrogen-bond donors (Lipinski definition) is 1. The van der Waals surface area contributed by atoms with Gasteiger partial charge in [-0.05, 0) is 6.07 Å². The number of hydrogen-bond acceptors (Lipinski definition) is 6. The minimum absolute atomic E-state index is 0.222. The molecule has 0 spiro atoms. The summed E-state index contributed by atoms with van der Waals surface area (Å²) in [6.45, 7) is 0.222. The van der Waals surface area contributed by atoms with E-state index in [-0.39, 0.29) is 6.54 Å². The van der Waals surface area contributed by atoms with Gasteiger partial charge in [-0.1, -0.05) is 5.16 Å². The fourth-order valence-electron chi connectivity index (χ4n) is 0.843. The Morgan fingerprint density at radius 2 is 2.00 bits per heavy atom. The van der Waals surface area contributed by atoms with Crippen molar-refractivity contribution in [2.45, 2.75) is 6.54 Å². The zero-order valence-corrected chi connectivity index (χ0v) is 6.71. The standard InChI is InChI=1S/C7H7N5O/c8-4-5-11-7(12-13-5)6-9-2-1-3-10-6/h1-3H,4,8H2. The Bertz CT molecular complexity index is 385. The summed E-state index contributed by atoms with van der Waals surface area (Å²) in [7, 11) is 0. The van der Waals surface area contributed by atoms with E-state index in [0.29, 0.717) is 17.5 Å². The predicted octanol–water partition coefficient (Wildman–Crippen LogP) is -0.0147. The molecule has 0 aliphatic rings. The molecule has 0 radical (unpaired) electrons. The molecule has 13 heavy (non-hydrogen) atoms. The third-order valence-corrected chi connectivity index (χ3v) is 1.41. The Kier molecular flexibility index (Phi) is 1.97. The SMILES string of the molecule is NCc1nc(-c2ncccn2)no1. The number of nitrogens with two attached hydrogens (primary N) is 1. The molecule has 0 amide bonds. The minimum atomic E-state index is 0.222. The summed E-state index contributed by atoms with van der Waals surface area (Å²) in [6, 6.07) is 1.72. The Hall–Kier alpha value is -1.82. The molecule has 0 saturated carbocycles. The van der Waals surface area contributed by atoms with Crippen LogP contribution in [-0.4, -0.2) is 20.1 Å². The second kappa shape index (κ2) is 3.28. The van der Waals surface area contributed by atoms with Gasteiger partial charge in [-0.25, -0.2) is 9.97 Å². The lowest BCUT2D eigenvalue weighted by molar-refractivity contribution is 0.380. The molecule has 2 heterocycles. The number of aromatic nitrogens is 4. The first-order valence-corrected chi connectivity index (χ1v) is 3.70. The van der Waals surface area contributed by atoms with E-state index < -0.39 is 0 Å². The van der Waals surface area contributed by atoms with E-state index in [1.54, 1.807) is 18.5 Å². The van der Waals surface area contributed by atoms with Crippen LogP contribution in [0.5, 0.6) is 0 Å². The van der Waals surface area contributed by atoms with E-state index in [9.17, 15) is 0 Å². The van der Waals surface area contributed by atoms with Crippen LogP contribution in [0.3, 0.4) is 0 Å². The van der Waals surface area contributed by atoms with Crippen molar-refractivity contribution in [1.29, 1.82) is 0 Å². The average molecular weight is 177 g/mol. The molecule has 0 aliphatic carbocycles. The van der Waals surface area contributed by atoms with Gasteiger partial charge in [-0.3, -0.25) is 0 Å². The van der Waals surface area contributed by atoms with Crippen LogP contribution < -0.4 is 5.73 Å². The van der Waals surface area contributed by atoms with Crippen LogP contribution in [-0.2, 0) is 6.54 Å². The molecule has 2 aromatic heterocycles.